The van der Waals surface area contributed by atoms with Gasteiger partial charge in [-0.3, -0.25) is 4.79 Å². The van der Waals surface area contributed by atoms with E-state index >= 15 is 0 Å². The van der Waals surface area contributed by atoms with E-state index < -0.39 is 0 Å². The van der Waals surface area contributed by atoms with Gasteiger partial charge < -0.3 is 10.4 Å². The molecule has 0 spiro atoms. The number of fused-ring (bicyclic) bond motifs is 1. The predicted molar refractivity (Wildman–Crippen MR) is 79.6 cm³/mol. The van der Waals surface area contributed by atoms with Crippen LogP contribution in [0, 0.1) is 11.7 Å². The lowest BCUT2D eigenvalue weighted by molar-refractivity contribution is 0.0947. The number of carbonyl (C=O) groups excluding carboxylic acids is 1. The van der Waals surface area contributed by atoms with E-state index in [0.29, 0.717) is 17.8 Å². The number of thiophene rings is 1. The number of carbonyl (C=O) groups is 1. The summed E-state index contributed by atoms with van der Waals surface area (Å²) in [6.45, 7) is 2.73. The lowest BCUT2D eigenvalue weighted by atomic mass is 10.0. The lowest BCUT2D eigenvalue weighted by Gasteiger charge is -2.13. The van der Waals surface area contributed by atoms with Crippen LogP contribution in [-0.2, 0) is 0 Å². The van der Waals surface area contributed by atoms with E-state index in [1.165, 1.54) is 23.5 Å². The van der Waals surface area contributed by atoms with E-state index in [0.717, 1.165) is 16.5 Å². The molecule has 2 N–H and O–H groups in total. The van der Waals surface area contributed by atoms with Crippen LogP contribution in [0.2, 0.25) is 0 Å². The van der Waals surface area contributed by atoms with Gasteiger partial charge in [-0.2, -0.15) is 0 Å². The number of halogens is 1. The maximum absolute atomic E-state index is 13.1. The summed E-state index contributed by atoms with van der Waals surface area (Å²) in [5.41, 5.74) is 0. The summed E-state index contributed by atoms with van der Waals surface area (Å²) in [4.78, 5) is 12.7. The van der Waals surface area contributed by atoms with E-state index in [-0.39, 0.29) is 24.2 Å². The van der Waals surface area contributed by atoms with Crippen LogP contribution in [0.5, 0.6) is 0 Å². The summed E-state index contributed by atoms with van der Waals surface area (Å²) in [6.07, 6.45) is 1.60. The SMILES string of the molecule is CCC(CCO)CNC(=O)c1cc2cc(F)ccc2s1. The Labute approximate surface area is 121 Å². The molecule has 1 aromatic carbocycles. The topological polar surface area (TPSA) is 49.3 Å². The first-order valence-electron chi connectivity index (χ1n) is 6.72. The van der Waals surface area contributed by atoms with Crippen molar-refractivity contribution < 1.29 is 14.3 Å². The Morgan fingerprint density at radius 1 is 1.45 bits per heavy atom. The fourth-order valence-electron chi connectivity index (χ4n) is 2.08. The molecule has 1 amide bonds. The number of rotatable bonds is 6. The van der Waals surface area contributed by atoms with Gasteiger partial charge in [0.15, 0.2) is 0 Å². The Balaban J connectivity index is 2.03. The summed E-state index contributed by atoms with van der Waals surface area (Å²) in [5.74, 6) is -0.143. The van der Waals surface area contributed by atoms with Crippen LogP contribution in [0.1, 0.15) is 29.4 Å². The van der Waals surface area contributed by atoms with Crippen LogP contribution < -0.4 is 5.32 Å². The zero-order chi connectivity index (χ0) is 14.5. The Hall–Kier alpha value is -1.46. The Kier molecular flexibility index (Phi) is 5.09. The number of hydrogen-bond acceptors (Lipinski definition) is 3. The standard InChI is InChI=1S/C15H18FNO2S/c1-2-10(5-6-18)9-17-15(19)14-8-11-7-12(16)3-4-13(11)20-14/h3-4,7-8,10,18H,2,5-6,9H2,1H3,(H,17,19). The fourth-order valence-corrected chi connectivity index (χ4v) is 3.04. The zero-order valence-corrected chi connectivity index (χ0v) is 12.2. The summed E-state index contributed by atoms with van der Waals surface area (Å²) in [6, 6.07) is 6.23. The van der Waals surface area contributed by atoms with E-state index in [2.05, 4.69) is 5.32 Å². The molecule has 0 fully saturated rings. The largest absolute Gasteiger partial charge is 0.396 e. The van der Waals surface area contributed by atoms with Crippen LogP contribution in [0.25, 0.3) is 10.1 Å². The van der Waals surface area contributed by atoms with Crippen molar-refractivity contribution in [3.05, 3.63) is 35.0 Å². The molecular formula is C15H18FNO2S. The molecule has 20 heavy (non-hydrogen) atoms. The number of amides is 1. The highest BCUT2D eigenvalue weighted by Crippen LogP contribution is 2.26. The first-order chi connectivity index (χ1) is 9.63. The van der Waals surface area contributed by atoms with Gasteiger partial charge in [-0.25, -0.2) is 4.39 Å². The number of benzene rings is 1. The zero-order valence-electron chi connectivity index (χ0n) is 11.4. The Bertz CT molecular complexity index is 597. The van der Waals surface area contributed by atoms with Crippen molar-refractivity contribution in [1.29, 1.82) is 0 Å². The first-order valence-corrected chi connectivity index (χ1v) is 7.53. The van der Waals surface area contributed by atoms with E-state index in [4.69, 9.17) is 5.11 Å². The minimum atomic E-state index is -0.295. The fraction of sp³-hybridized carbons (Fsp3) is 0.400. The van der Waals surface area contributed by atoms with Crippen LogP contribution in [0.4, 0.5) is 4.39 Å². The second-order valence-corrected chi connectivity index (χ2v) is 5.87. The Morgan fingerprint density at radius 2 is 2.25 bits per heavy atom. The molecule has 1 aromatic heterocycles. The maximum atomic E-state index is 13.1. The molecule has 3 nitrogen and oxygen atoms in total. The van der Waals surface area contributed by atoms with Crippen molar-refractivity contribution in [3.63, 3.8) is 0 Å². The van der Waals surface area contributed by atoms with Crippen LogP contribution in [-0.4, -0.2) is 24.2 Å². The maximum Gasteiger partial charge on any atom is 0.261 e. The van der Waals surface area contributed by atoms with Gasteiger partial charge in [0.1, 0.15) is 5.82 Å². The molecule has 1 heterocycles. The second kappa shape index (κ2) is 6.81. The van der Waals surface area contributed by atoms with Crippen molar-refractivity contribution in [2.24, 2.45) is 5.92 Å². The summed E-state index contributed by atoms with van der Waals surface area (Å²) in [7, 11) is 0. The first kappa shape index (κ1) is 14.9. The van der Waals surface area contributed by atoms with Gasteiger partial charge in [0.25, 0.3) is 5.91 Å². The van der Waals surface area contributed by atoms with Gasteiger partial charge in [-0.05, 0) is 42.0 Å². The molecular weight excluding hydrogens is 277 g/mol. The highest BCUT2D eigenvalue weighted by molar-refractivity contribution is 7.20. The lowest BCUT2D eigenvalue weighted by Crippen LogP contribution is -2.28. The summed E-state index contributed by atoms with van der Waals surface area (Å²) < 4.78 is 14.0. The van der Waals surface area contributed by atoms with Crippen molar-refractivity contribution in [2.45, 2.75) is 19.8 Å². The molecule has 0 aliphatic carbocycles. The predicted octanol–water partition coefficient (Wildman–Crippen LogP) is 3.18. The molecule has 2 rings (SSSR count). The molecule has 0 bridgehead atoms. The van der Waals surface area contributed by atoms with Crippen molar-refractivity contribution in [3.8, 4) is 0 Å². The van der Waals surface area contributed by atoms with Crippen molar-refractivity contribution >= 4 is 27.3 Å². The highest BCUT2D eigenvalue weighted by atomic mass is 32.1. The van der Waals surface area contributed by atoms with E-state index in [1.54, 1.807) is 12.1 Å². The van der Waals surface area contributed by atoms with Gasteiger partial charge in [0.2, 0.25) is 0 Å². The van der Waals surface area contributed by atoms with E-state index in [1.807, 2.05) is 6.92 Å². The van der Waals surface area contributed by atoms with Gasteiger partial charge in [-0.15, -0.1) is 11.3 Å². The van der Waals surface area contributed by atoms with Gasteiger partial charge >= 0.3 is 0 Å². The van der Waals surface area contributed by atoms with Crippen LogP contribution in [0.3, 0.4) is 0 Å². The summed E-state index contributed by atoms with van der Waals surface area (Å²) in [5, 5.41) is 12.6. The number of aliphatic hydroxyl groups excluding tert-OH is 1. The number of aliphatic hydroxyl groups is 1. The molecule has 1 atom stereocenters. The average Bonchev–Trinajstić information content (AvgIpc) is 2.86. The molecule has 0 saturated heterocycles. The second-order valence-electron chi connectivity index (χ2n) is 4.79. The van der Waals surface area contributed by atoms with Gasteiger partial charge in [0.05, 0.1) is 4.88 Å². The molecule has 0 radical (unpaired) electrons. The molecule has 1 unspecified atom stereocenters. The van der Waals surface area contributed by atoms with Gasteiger partial charge in [-0.1, -0.05) is 13.3 Å². The Morgan fingerprint density at radius 3 is 2.95 bits per heavy atom. The third-order valence-electron chi connectivity index (χ3n) is 3.37. The normalized spacial score (nSPS) is 12.6. The molecule has 108 valence electrons. The van der Waals surface area contributed by atoms with Crippen LogP contribution in [0.15, 0.2) is 24.3 Å². The van der Waals surface area contributed by atoms with Crippen LogP contribution >= 0.6 is 11.3 Å². The quantitative estimate of drug-likeness (QED) is 0.860. The minimum Gasteiger partial charge on any atom is -0.396 e. The van der Waals surface area contributed by atoms with Gasteiger partial charge in [0, 0.05) is 17.9 Å². The van der Waals surface area contributed by atoms with E-state index in [9.17, 15) is 9.18 Å². The smallest absolute Gasteiger partial charge is 0.261 e. The van der Waals surface area contributed by atoms with Crippen molar-refractivity contribution in [1.82, 2.24) is 5.32 Å². The molecule has 2 aromatic rings. The molecule has 0 saturated carbocycles. The summed E-state index contributed by atoms with van der Waals surface area (Å²) >= 11 is 1.36. The third-order valence-corrected chi connectivity index (χ3v) is 4.48. The molecule has 5 heteroatoms. The monoisotopic (exact) mass is 295 g/mol. The number of nitrogens with one attached hydrogen (secondary N) is 1. The number of hydrogen-bond donors (Lipinski definition) is 2. The van der Waals surface area contributed by atoms with Crippen molar-refractivity contribution in [2.75, 3.05) is 13.2 Å². The average molecular weight is 295 g/mol. The highest BCUT2D eigenvalue weighted by Gasteiger charge is 2.12. The minimum absolute atomic E-state index is 0.135. The molecule has 0 aliphatic heterocycles. The molecule has 0 aliphatic rings. The third kappa shape index (κ3) is 3.55.